The van der Waals surface area contributed by atoms with Crippen molar-refractivity contribution in [2.75, 3.05) is 18.2 Å². The number of methoxy groups -OCH3 is 1. The van der Waals surface area contributed by atoms with Crippen LogP contribution in [0.4, 0.5) is 5.69 Å². The predicted octanol–water partition coefficient (Wildman–Crippen LogP) is 4.76. The number of anilines is 1. The van der Waals surface area contributed by atoms with Crippen molar-refractivity contribution < 1.29 is 19.1 Å². The van der Waals surface area contributed by atoms with E-state index in [1.807, 2.05) is 0 Å². The third-order valence-corrected chi connectivity index (χ3v) is 6.88. The number of esters is 1. The van der Waals surface area contributed by atoms with Crippen molar-refractivity contribution in [3.63, 3.8) is 0 Å². The summed E-state index contributed by atoms with van der Waals surface area (Å²) in [6.07, 6.45) is 0. The van der Waals surface area contributed by atoms with Gasteiger partial charge in [0, 0.05) is 16.6 Å². The van der Waals surface area contributed by atoms with Crippen molar-refractivity contribution in [3.05, 3.63) is 73.7 Å². The number of halogens is 3. The number of hydrogen-bond acceptors (Lipinski definition) is 6. The Labute approximate surface area is 209 Å². The lowest BCUT2D eigenvalue weighted by Crippen LogP contribution is -2.44. The van der Waals surface area contributed by atoms with Gasteiger partial charge < -0.3 is 15.4 Å². The maximum absolute atomic E-state index is 12.8. The molecule has 7 nitrogen and oxygen atoms in total. The number of benzene rings is 2. The zero-order valence-corrected chi connectivity index (χ0v) is 20.1. The van der Waals surface area contributed by atoms with Crippen molar-refractivity contribution in [1.29, 1.82) is 5.26 Å². The van der Waals surface area contributed by atoms with Gasteiger partial charge in [-0.1, -0.05) is 64.8 Å². The first-order valence-electron chi connectivity index (χ1n) is 9.42. The highest BCUT2D eigenvalue weighted by Crippen LogP contribution is 2.42. The lowest BCUT2D eigenvalue weighted by Gasteiger charge is -2.31. The molecule has 2 atom stereocenters. The first-order valence-corrected chi connectivity index (χ1v) is 11.5. The molecule has 11 heteroatoms. The average Bonchev–Trinajstić information content (AvgIpc) is 2.79. The van der Waals surface area contributed by atoms with Gasteiger partial charge in [0.05, 0.1) is 39.6 Å². The molecule has 0 saturated carbocycles. The van der Waals surface area contributed by atoms with Crippen LogP contribution in [0.5, 0.6) is 0 Å². The SMILES string of the molecule is COC(=O)C1C(=O)NC(SCC(=O)Nc2ccc(Cl)c(Cl)c2)=C(C#N)C1c1ccccc1Cl. The zero-order chi connectivity index (χ0) is 24.1. The number of amides is 2. The van der Waals surface area contributed by atoms with Crippen molar-refractivity contribution in [1.82, 2.24) is 5.32 Å². The fraction of sp³-hybridized carbons (Fsp3) is 0.182. The van der Waals surface area contributed by atoms with E-state index in [9.17, 15) is 19.6 Å². The summed E-state index contributed by atoms with van der Waals surface area (Å²) in [6, 6.07) is 13.3. The summed E-state index contributed by atoms with van der Waals surface area (Å²) in [6.45, 7) is 0. The molecule has 170 valence electrons. The molecule has 1 heterocycles. The van der Waals surface area contributed by atoms with Crippen LogP contribution >= 0.6 is 46.6 Å². The van der Waals surface area contributed by atoms with Crippen molar-refractivity contribution in [3.8, 4) is 6.07 Å². The van der Waals surface area contributed by atoms with Crippen LogP contribution in [-0.2, 0) is 19.1 Å². The standard InChI is InChI=1S/C22H16Cl3N3O4S/c1-32-22(31)19-18(12-4-2-3-5-14(12)23)13(9-26)21(28-20(19)30)33-10-17(29)27-11-6-7-15(24)16(25)8-11/h2-8,18-19H,10H2,1H3,(H,27,29)(H,28,30). The summed E-state index contributed by atoms with van der Waals surface area (Å²) in [5, 5.41) is 16.2. The van der Waals surface area contributed by atoms with Crippen LogP contribution < -0.4 is 10.6 Å². The molecular weight excluding hydrogens is 509 g/mol. The topological polar surface area (TPSA) is 108 Å². The molecule has 2 amide bonds. The monoisotopic (exact) mass is 523 g/mol. The quantitative estimate of drug-likeness (QED) is 0.417. The van der Waals surface area contributed by atoms with Gasteiger partial charge in [0.25, 0.3) is 0 Å². The minimum absolute atomic E-state index is 0.102. The Bertz CT molecular complexity index is 1200. The van der Waals surface area contributed by atoms with Crippen LogP contribution in [-0.4, -0.2) is 30.6 Å². The van der Waals surface area contributed by atoms with Crippen LogP contribution in [0.3, 0.4) is 0 Å². The van der Waals surface area contributed by atoms with Gasteiger partial charge in [-0.3, -0.25) is 14.4 Å². The number of allylic oxidation sites excluding steroid dienone is 1. The second-order valence-corrected chi connectivity index (χ2v) is 9.02. The zero-order valence-electron chi connectivity index (χ0n) is 17.0. The van der Waals surface area contributed by atoms with Gasteiger partial charge in [0.1, 0.15) is 5.92 Å². The number of hydrogen-bond donors (Lipinski definition) is 2. The average molecular weight is 525 g/mol. The number of carbonyl (C=O) groups excluding carboxylic acids is 3. The second-order valence-electron chi connectivity index (χ2n) is 6.81. The van der Waals surface area contributed by atoms with E-state index in [4.69, 9.17) is 39.5 Å². The molecule has 1 aliphatic rings. The number of nitriles is 1. The highest BCUT2D eigenvalue weighted by atomic mass is 35.5. The highest BCUT2D eigenvalue weighted by Gasteiger charge is 2.45. The Morgan fingerprint density at radius 2 is 1.88 bits per heavy atom. The molecule has 0 saturated heterocycles. The van der Waals surface area contributed by atoms with Crippen LogP contribution in [0.2, 0.25) is 15.1 Å². The van der Waals surface area contributed by atoms with E-state index >= 15 is 0 Å². The van der Waals surface area contributed by atoms with Gasteiger partial charge in [-0.15, -0.1) is 0 Å². The van der Waals surface area contributed by atoms with E-state index in [1.54, 1.807) is 36.4 Å². The maximum Gasteiger partial charge on any atom is 0.319 e. The smallest absolute Gasteiger partial charge is 0.319 e. The van der Waals surface area contributed by atoms with E-state index in [0.717, 1.165) is 18.9 Å². The number of rotatable bonds is 6. The molecule has 0 bridgehead atoms. The van der Waals surface area contributed by atoms with Crippen LogP contribution in [0.15, 0.2) is 53.1 Å². The Hall–Kier alpha value is -2.70. The van der Waals surface area contributed by atoms with E-state index in [-0.39, 0.29) is 21.4 Å². The number of nitrogens with one attached hydrogen (secondary N) is 2. The number of carbonyl (C=O) groups is 3. The molecule has 0 spiro atoms. The normalized spacial score (nSPS) is 17.7. The van der Waals surface area contributed by atoms with Gasteiger partial charge in [-0.05, 0) is 29.8 Å². The summed E-state index contributed by atoms with van der Waals surface area (Å²) >= 11 is 19.1. The second kappa shape index (κ2) is 10.9. The summed E-state index contributed by atoms with van der Waals surface area (Å²) < 4.78 is 4.80. The molecule has 2 unspecified atom stereocenters. The van der Waals surface area contributed by atoms with Crippen LogP contribution in [0.1, 0.15) is 11.5 Å². The van der Waals surface area contributed by atoms with Gasteiger partial charge in [0.2, 0.25) is 11.8 Å². The summed E-state index contributed by atoms with van der Waals surface area (Å²) in [5.74, 6) is -4.25. The van der Waals surface area contributed by atoms with Crippen molar-refractivity contribution >= 4 is 70.0 Å². The summed E-state index contributed by atoms with van der Waals surface area (Å²) in [7, 11) is 1.16. The van der Waals surface area contributed by atoms with Crippen LogP contribution in [0.25, 0.3) is 0 Å². The predicted molar refractivity (Wildman–Crippen MR) is 128 cm³/mol. The molecule has 2 aromatic carbocycles. The van der Waals surface area contributed by atoms with Crippen molar-refractivity contribution in [2.45, 2.75) is 5.92 Å². The van der Waals surface area contributed by atoms with Gasteiger partial charge >= 0.3 is 5.97 Å². The van der Waals surface area contributed by atoms with Crippen LogP contribution in [0, 0.1) is 17.2 Å². The Morgan fingerprint density at radius 3 is 2.52 bits per heavy atom. The molecule has 3 rings (SSSR count). The minimum atomic E-state index is -1.31. The molecule has 0 radical (unpaired) electrons. The van der Waals surface area contributed by atoms with Gasteiger partial charge in [0.15, 0.2) is 0 Å². The lowest BCUT2D eigenvalue weighted by molar-refractivity contribution is -0.150. The van der Waals surface area contributed by atoms with E-state index < -0.39 is 29.6 Å². The number of nitrogens with zero attached hydrogens (tertiary/aromatic N) is 1. The molecular formula is C22H16Cl3N3O4S. The number of thioether (sulfide) groups is 1. The number of ether oxygens (including phenoxy) is 1. The molecule has 0 aliphatic carbocycles. The molecule has 1 aliphatic heterocycles. The summed E-state index contributed by atoms with van der Waals surface area (Å²) in [4.78, 5) is 37.7. The maximum atomic E-state index is 12.8. The largest absolute Gasteiger partial charge is 0.468 e. The summed E-state index contributed by atoms with van der Waals surface area (Å²) in [5.41, 5.74) is 0.974. The third kappa shape index (κ3) is 5.63. The molecule has 2 N–H and O–H groups in total. The molecule has 0 aromatic heterocycles. The fourth-order valence-electron chi connectivity index (χ4n) is 3.29. The van der Waals surface area contributed by atoms with E-state index in [2.05, 4.69) is 16.7 Å². The van der Waals surface area contributed by atoms with E-state index in [0.29, 0.717) is 21.3 Å². The Morgan fingerprint density at radius 1 is 1.15 bits per heavy atom. The van der Waals surface area contributed by atoms with Gasteiger partial charge in [-0.25, -0.2) is 0 Å². The Kier molecular flexibility index (Phi) is 8.27. The van der Waals surface area contributed by atoms with Gasteiger partial charge in [-0.2, -0.15) is 5.26 Å². The minimum Gasteiger partial charge on any atom is -0.468 e. The lowest BCUT2D eigenvalue weighted by atomic mass is 9.78. The third-order valence-electron chi connectivity index (χ3n) is 4.77. The fourth-order valence-corrected chi connectivity index (χ4v) is 4.69. The molecule has 2 aromatic rings. The molecule has 0 fully saturated rings. The Balaban J connectivity index is 1.89. The molecule has 33 heavy (non-hydrogen) atoms. The van der Waals surface area contributed by atoms with Crippen molar-refractivity contribution in [2.24, 2.45) is 5.92 Å². The first-order chi connectivity index (χ1) is 15.8. The first kappa shape index (κ1) is 24.9. The highest BCUT2D eigenvalue weighted by molar-refractivity contribution is 8.03. The van der Waals surface area contributed by atoms with E-state index in [1.165, 1.54) is 6.07 Å².